The molecule has 1 heterocycles. The number of alkyl halides is 3. The quantitative estimate of drug-likeness (QED) is 0.473. The number of hydrogen-bond acceptors (Lipinski definition) is 3. The largest absolute Gasteiger partial charge is 0.488 e. The highest BCUT2D eigenvalue weighted by atomic mass is 19.4. The van der Waals surface area contributed by atoms with Gasteiger partial charge in [-0.2, -0.15) is 13.2 Å². The smallest absolute Gasteiger partial charge is 0.419 e. The molecule has 3 nitrogen and oxygen atoms in total. The van der Waals surface area contributed by atoms with Crippen LogP contribution in [0.25, 0.3) is 11.3 Å². The van der Waals surface area contributed by atoms with Crippen molar-refractivity contribution in [1.29, 1.82) is 0 Å². The van der Waals surface area contributed by atoms with Gasteiger partial charge in [0.2, 0.25) is 0 Å². The van der Waals surface area contributed by atoms with Crippen LogP contribution in [0.15, 0.2) is 60.7 Å². The van der Waals surface area contributed by atoms with E-state index in [2.05, 4.69) is 10.3 Å². The summed E-state index contributed by atoms with van der Waals surface area (Å²) in [7, 11) is 1.92. The first-order chi connectivity index (χ1) is 14.4. The third-order valence-corrected chi connectivity index (χ3v) is 4.78. The van der Waals surface area contributed by atoms with Crippen molar-refractivity contribution in [2.75, 3.05) is 13.6 Å². The van der Waals surface area contributed by atoms with Crippen LogP contribution in [0, 0.1) is 6.92 Å². The van der Waals surface area contributed by atoms with E-state index in [0.717, 1.165) is 36.7 Å². The number of nitrogens with one attached hydrogen (secondary N) is 1. The van der Waals surface area contributed by atoms with Gasteiger partial charge < -0.3 is 10.1 Å². The van der Waals surface area contributed by atoms with Gasteiger partial charge in [0.05, 0.1) is 11.3 Å². The molecule has 0 atom stereocenters. The van der Waals surface area contributed by atoms with Crippen LogP contribution in [0.1, 0.15) is 28.8 Å². The highest BCUT2D eigenvalue weighted by Crippen LogP contribution is 2.42. The maximum Gasteiger partial charge on any atom is 0.419 e. The second-order valence-corrected chi connectivity index (χ2v) is 7.16. The van der Waals surface area contributed by atoms with Crippen LogP contribution in [0.4, 0.5) is 13.2 Å². The third kappa shape index (κ3) is 5.60. The lowest BCUT2D eigenvalue weighted by atomic mass is 10.0. The summed E-state index contributed by atoms with van der Waals surface area (Å²) in [4.78, 5) is 4.38. The van der Waals surface area contributed by atoms with Gasteiger partial charge in [0, 0.05) is 11.3 Å². The Morgan fingerprint density at radius 1 is 0.933 bits per heavy atom. The van der Waals surface area contributed by atoms with Crippen LogP contribution in [-0.4, -0.2) is 18.6 Å². The lowest BCUT2D eigenvalue weighted by Gasteiger charge is -2.18. The number of nitrogens with zero attached hydrogens (tertiary/aromatic N) is 1. The summed E-state index contributed by atoms with van der Waals surface area (Å²) in [6.07, 6.45) is -2.55. The number of aromatic nitrogens is 1. The summed E-state index contributed by atoms with van der Waals surface area (Å²) >= 11 is 0. The molecule has 0 saturated carbocycles. The molecule has 3 aromatic rings. The molecule has 0 amide bonds. The van der Waals surface area contributed by atoms with Gasteiger partial charge in [-0.1, -0.05) is 36.4 Å². The van der Waals surface area contributed by atoms with E-state index in [-0.39, 0.29) is 12.4 Å². The van der Waals surface area contributed by atoms with Crippen molar-refractivity contribution in [2.24, 2.45) is 0 Å². The van der Waals surface area contributed by atoms with Gasteiger partial charge in [0.25, 0.3) is 0 Å². The van der Waals surface area contributed by atoms with Crippen LogP contribution in [-0.2, 0) is 19.2 Å². The number of para-hydroxylation sites is 1. The van der Waals surface area contributed by atoms with E-state index in [4.69, 9.17) is 4.74 Å². The summed E-state index contributed by atoms with van der Waals surface area (Å²) in [5, 5.41) is 3.11. The Kier molecular flexibility index (Phi) is 7.11. The minimum absolute atomic E-state index is 0.0443. The highest BCUT2D eigenvalue weighted by molar-refractivity contribution is 5.69. The monoisotopic (exact) mass is 414 g/mol. The summed E-state index contributed by atoms with van der Waals surface area (Å²) in [5.41, 5.74) is 2.71. The molecule has 0 spiro atoms. The normalized spacial score (nSPS) is 11.5. The van der Waals surface area contributed by atoms with E-state index in [1.54, 1.807) is 31.2 Å². The third-order valence-electron chi connectivity index (χ3n) is 4.78. The van der Waals surface area contributed by atoms with Gasteiger partial charge in [-0.05, 0) is 68.8 Å². The van der Waals surface area contributed by atoms with Gasteiger partial charge in [-0.25, -0.2) is 0 Å². The Bertz CT molecular complexity index is 969. The van der Waals surface area contributed by atoms with Gasteiger partial charge >= 0.3 is 6.18 Å². The van der Waals surface area contributed by atoms with E-state index in [1.165, 1.54) is 11.6 Å². The molecule has 158 valence electrons. The Labute approximate surface area is 174 Å². The van der Waals surface area contributed by atoms with Crippen LogP contribution < -0.4 is 10.1 Å². The molecule has 3 rings (SSSR count). The van der Waals surface area contributed by atoms with Gasteiger partial charge in [-0.3, -0.25) is 4.98 Å². The highest BCUT2D eigenvalue weighted by Gasteiger charge is 2.35. The molecule has 1 N–H and O–H groups in total. The maximum atomic E-state index is 13.6. The molecule has 0 bridgehead atoms. The summed E-state index contributed by atoms with van der Waals surface area (Å²) in [6, 6.07) is 17.1. The summed E-state index contributed by atoms with van der Waals surface area (Å²) in [6.45, 7) is 2.79. The lowest BCUT2D eigenvalue weighted by molar-refractivity contribution is -0.139. The zero-order valence-corrected chi connectivity index (χ0v) is 17.1. The molecule has 0 radical (unpaired) electrons. The van der Waals surface area contributed by atoms with E-state index in [0.29, 0.717) is 11.3 Å². The predicted octanol–water partition coefficient (Wildman–Crippen LogP) is 5.81. The lowest BCUT2D eigenvalue weighted by Crippen LogP contribution is -2.10. The van der Waals surface area contributed by atoms with E-state index < -0.39 is 11.7 Å². The molecule has 2 aromatic carbocycles. The fraction of sp³-hybridized carbons (Fsp3) is 0.292. The fourth-order valence-electron chi connectivity index (χ4n) is 3.24. The minimum Gasteiger partial charge on any atom is -0.488 e. The van der Waals surface area contributed by atoms with Crippen LogP contribution >= 0.6 is 0 Å². The SMILES string of the molecule is CNCCCc1ccc(COc2c(-c3cccc(C)n3)cccc2C(F)(F)F)cc1. The van der Waals surface area contributed by atoms with E-state index in [9.17, 15) is 13.2 Å². The van der Waals surface area contributed by atoms with Gasteiger partial charge in [-0.15, -0.1) is 0 Å². The Balaban J connectivity index is 1.85. The zero-order valence-electron chi connectivity index (χ0n) is 17.1. The molecule has 0 unspecified atom stereocenters. The molecular formula is C24H25F3N2O. The summed E-state index contributed by atoms with van der Waals surface area (Å²) < 4.78 is 46.7. The number of ether oxygens (including phenoxy) is 1. The average Bonchev–Trinajstić information content (AvgIpc) is 2.72. The topological polar surface area (TPSA) is 34.1 Å². The zero-order chi connectivity index (χ0) is 21.6. The number of pyridine rings is 1. The number of benzene rings is 2. The average molecular weight is 414 g/mol. The number of halogens is 3. The second-order valence-electron chi connectivity index (χ2n) is 7.16. The van der Waals surface area contributed by atoms with Gasteiger partial charge in [0.15, 0.2) is 0 Å². The van der Waals surface area contributed by atoms with Crippen molar-refractivity contribution >= 4 is 0 Å². The molecule has 0 aliphatic rings. The number of aryl methyl sites for hydroxylation is 2. The Morgan fingerprint density at radius 2 is 1.63 bits per heavy atom. The van der Waals surface area contributed by atoms with Crippen molar-refractivity contribution in [3.63, 3.8) is 0 Å². The number of rotatable bonds is 8. The summed E-state index contributed by atoms with van der Waals surface area (Å²) in [5.74, 6) is -0.193. The van der Waals surface area contributed by atoms with E-state index >= 15 is 0 Å². The van der Waals surface area contributed by atoms with Crippen molar-refractivity contribution in [3.05, 3.63) is 83.0 Å². The molecular weight excluding hydrogens is 389 g/mol. The van der Waals surface area contributed by atoms with E-state index in [1.807, 2.05) is 31.3 Å². The van der Waals surface area contributed by atoms with Gasteiger partial charge in [0.1, 0.15) is 12.4 Å². The maximum absolute atomic E-state index is 13.6. The molecule has 0 aliphatic carbocycles. The Hall–Kier alpha value is -2.86. The Morgan fingerprint density at radius 3 is 2.30 bits per heavy atom. The van der Waals surface area contributed by atoms with Crippen molar-refractivity contribution in [2.45, 2.75) is 32.5 Å². The first-order valence-electron chi connectivity index (χ1n) is 9.88. The molecule has 6 heteroatoms. The fourth-order valence-corrected chi connectivity index (χ4v) is 3.24. The predicted molar refractivity (Wildman–Crippen MR) is 112 cm³/mol. The standard InChI is InChI=1S/C24H25F3N2O/c1-17-6-3-10-22(29-17)20-8-4-9-21(24(25,26)27)23(20)30-16-19-13-11-18(12-14-19)7-5-15-28-2/h3-4,6,8-14,28H,5,7,15-16H2,1-2H3. The first-order valence-corrected chi connectivity index (χ1v) is 9.88. The first kappa shape index (κ1) is 21.8. The van der Waals surface area contributed by atoms with Crippen molar-refractivity contribution < 1.29 is 17.9 Å². The molecule has 0 fully saturated rings. The molecule has 1 aromatic heterocycles. The number of hydrogen-bond donors (Lipinski definition) is 1. The molecule has 0 aliphatic heterocycles. The van der Waals surface area contributed by atoms with Crippen LogP contribution in [0.5, 0.6) is 5.75 Å². The molecule has 0 saturated heterocycles. The van der Waals surface area contributed by atoms with Crippen LogP contribution in [0.2, 0.25) is 0 Å². The van der Waals surface area contributed by atoms with Crippen LogP contribution in [0.3, 0.4) is 0 Å². The second kappa shape index (κ2) is 9.76. The van der Waals surface area contributed by atoms with Crippen molar-refractivity contribution in [1.82, 2.24) is 10.3 Å². The minimum atomic E-state index is -4.52. The molecule has 30 heavy (non-hydrogen) atoms. The van der Waals surface area contributed by atoms with Crippen molar-refractivity contribution in [3.8, 4) is 17.0 Å².